The maximum Gasteiger partial charge on any atom is 0.243 e. The van der Waals surface area contributed by atoms with Crippen molar-refractivity contribution in [1.29, 1.82) is 0 Å². The van der Waals surface area contributed by atoms with Crippen molar-refractivity contribution in [2.24, 2.45) is 0 Å². The van der Waals surface area contributed by atoms with Gasteiger partial charge in [-0.3, -0.25) is 19.3 Å². The first kappa shape index (κ1) is 25.6. The van der Waals surface area contributed by atoms with Gasteiger partial charge in [-0.25, -0.2) is 0 Å². The molecule has 1 atom stereocenters. The minimum atomic E-state index is -0.876. The van der Waals surface area contributed by atoms with E-state index in [0.717, 1.165) is 18.8 Å². The summed E-state index contributed by atoms with van der Waals surface area (Å²) in [6.07, 6.45) is -0.162. The molecule has 2 aliphatic heterocycles. The van der Waals surface area contributed by atoms with E-state index in [0.29, 0.717) is 46.9 Å². The molecule has 2 fully saturated rings. The summed E-state index contributed by atoms with van der Waals surface area (Å²) in [5.41, 5.74) is 1.49. The predicted octanol–water partition coefficient (Wildman–Crippen LogP) is 3.12. The van der Waals surface area contributed by atoms with Crippen molar-refractivity contribution >= 4 is 63.9 Å². The summed E-state index contributed by atoms with van der Waals surface area (Å²) in [7, 11) is 0. The molecule has 0 bridgehead atoms. The van der Waals surface area contributed by atoms with E-state index in [1.54, 1.807) is 18.2 Å². The summed E-state index contributed by atoms with van der Waals surface area (Å²) in [6, 6.07) is 11.5. The highest BCUT2D eigenvalue weighted by Gasteiger charge is 2.35. The van der Waals surface area contributed by atoms with Crippen LogP contribution in [0.1, 0.15) is 6.42 Å². The van der Waals surface area contributed by atoms with E-state index in [2.05, 4.69) is 20.4 Å². The van der Waals surface area contributed by atoms with Gasteiger partial charge in [0, 0.05) is 65.7 Å². The van der Waals surface area contributed by atoms with Crippen LogP contribution in [0.15, 0.2) is 42.5 Å². The van der Waals surface area contributed by atoms with Crippen molar-refractivity contribution in [3.8, 4) is 0 Å². The number of carbonyl (C=O) groups excluding carboxylic acids is 3. The molecule has 4 rings (SSSR count). The number of hydrogen-bond donors (Lipinski definition) is 2. The number of benzene rings is 2. The monoisotopic (exact) mass is 537 g/mol. The third-order valence-corrected chi connectivity index (χ3v) is 6.75. The van der Waals surface area contributed by atoms with Crippen LogP contribution in [-0.4, -0.2) is 79.4 Å². The van der Waals surface area contributed by atoms with Crippen LogP contribution >= 0.6 is 34.8 Å². The summed E-state index contributed by atoms with van der Waals surface area (Å²) in [5, 5.41) is 6.92. The number of nitrogens with one attached hydrogen (secondary N) is 2. The molecule has 0 aliphatic carbocycles. The van der Waals surface area contributed by atoms with Crippen LogP contribution in [0.3, 0.4) is 0 Å². The quantitative estimate of drug-likeness (QED) is 0.590. The van der Waals surface area contributed by atoms with Gasteiger partial charge in [-0.15, -0.1) is 0 Å². The standard InChI is InChI=1S/C24H26Cl3N5O3/c25-16-2-1-3-20(13-16)31-8-6-30(7-9-31)15-23(34)32-5-4-28-24(35)21(32)14-22(33)29-19-11-17(26)10-18(27)12-19/h1-3,10-13,21H,4-9,14-15H2,(H,28,35)(H,29,33)/t21-/m0/s1. The van der Waals surface area contributed by atoms with Gasteiger partial charge >= 0.3 is 0 Å². The minimum absolute atomic E-state index is 0.162. The van der Waals surface area contributed by atoms with Gasteiger partial charge in [0.1, 0.15) is 6.04 Å². The van der Waals surface area contributed by atoms with E-state index in [-0.39, 0.29) is 24.8 Å². The van der Waals surface area contributed by atoms with E-state index in [1.807, 2.05) is 24.3 Å². The van der Waals surface area contributed by atoms with Gasteiger partial charge in [0.15, 0.2) is 0 Å². The fourth-order valence-electron chi connectivity index (χ4n) is 4.35. The van der Waals surface area contributed by atoms with Crippen molar-refractivity contribution in [1.82, 2.24) is 15.1 Å². The summed E-state index contributed by atoms with van der Waals surface area (Å²) in [5.74, 6) is -0.910. The lowest BCUT2D eigenvalue weighted by Gasteiger charge is -2.39. The topological polar surface area (TPSA) is 85.0 Å². The van der Waals surface area contributed by atoms with E-state index in [4.69, 9.17) is 34.8 Å². The number of nitrogens with zero attached hydrogens (tertiary/aromatic N) is 3. The maximum absolute atomic E-state index is 13.2. The first-order valence-electron chi connectivity index (χ1n) is 11.3. The number of piperazine rings is 2. The summed E-state index contributed by atoms with van der Waals surface area (Å²) in [4.78, 5) is 44.2. The zero-order chi connectivity index (χ0) is 24.9. The van der Waals surface area contributed by atoms with Gasteiger partial charge < -0.3 is 20.4 Å². The second kappa shape index (κ2) is 11.5. The first-order valence-corrected chi connectivity index (χ1v) is 12.5. The van der Waals surface area contributed by atoms with Crippen molar-refractivity contribution in [2.75, 3.05) is 56.0 Å². The molecule has 0 aromatic heterocycles. The molecule has 2 N–H and O–H groups in total. The zero-order valence-electron chi connectivity index (χ0n) is 19.0. The Kier molecular flexibility index (Phi) is 8.38. The molecule has 2 heterocycles. The number of carbonyl (C=O) groups is 3. The number of hydrogen-bond acceptors (Lipinski definition) is 5. The van der Waals surface area contributed by atoms with Crippen LogP contribution in [0.5, 0.6) is 0 Å². The Bertz CT molecular complexity index is 1090. The van der Waals surface area contributed by atoms with Gasteiger partial charge in [-0.1, -0.05) is 40.9 Å². The van der Waals surface area contributed by atoms with Gasteiger partial charge in [-0.05, 0) is 36.4 Å². The molecule has 11 heteroatoms. The molecule has 8 nitrogen and oxygen atoms in total. The van der Waals surface area contributed by atoms with Gasteiger partial charge in [-0.2, -0.15) is 0 Å². The van der Waals surface area contributed by atoms with Crippen molar-refractivity contribution in [2.45, 2.75) is 12.5 Å². The number of rotatable bonds is 6. The Labute approximate surface area is 219 Å². The SMILES string of the molecule is O=C(C[C@H]1C(=O)NCCN1C(=O)CN1CCN(c2cccc(Cl)c2)CC1)Nc1cc(Cl)cc(Cl)c1. The third kappa shape index (κ3) is 6.79. The first-order chi connectivity index (χ1) is 16.8. The van der Waals surface area contributed by atoms with Crippen LogP contribution < -0.4 is 15.5 Å². The molecule has 2 aromatic carbocycles. The largest absolute Gasteiger partial charge is 0.369 e. The zero-order valence-corrected chi connectivity index (χ0v) is 21.2. The fourth-order valence-corrected chi connectivity index (χ4v) is 5.06. The molecule has 2 aromatic rings. The van der Waals surface area contributed by atoms with Crippen LogP contribution in [0, 0.1) is 0 Å². The highest BCUT2D eigenvalue weighted by Crippen LogP contribution is 2.23. The smallest absolute Gasteiger partial charge is 0.243 e. The molecule has 186 valence electrons. The third-order valence-electron chi connectivity index (χ3n) is 6.08. The van der Waals surface area contributed by atoms with E-state index >= 15 is 0 Å². The molecule has 0 unspecified atom stereocenters. The van der Waals surface area contributed by atoms with Gasteiger partial charge in [0.2, 0.25) is 17.7 Å². The number of amides is 3. The molecule has 0 spiro atoms. The predicted molar refractivity (Wildman–Crippen MR) is 138 cm³/mol. The van der Waals surface area contributed by atoms with Crippen LogP contribution in [0.25, 0.3) is 0 Å². The molecule has 3 amide bonds. The van der Waals surface area contributed by atoms with Crippen molar-refractivity contribution in [3.05, 3.63) is 57.5 Å². The van der Waals surface area contributed by atoms with E-state index in [9.17, 15) is 14.4 Å². The average molecular weight is 539 g/mol. The Morgan fingerprint density at radius 3 is 2.34 bits per heavy atom. The molecular weight excluding hydrogens is 513 g/mol. The highest BCUT2D eigenvalue weighted by molar-refractivity contribution is 6.35. The minimum Gasteiger partial charge on any atom is -0.369 e. The van der Waals surface area contributed by atoms with E-state index < -0.39 is 11.9 Å². The van der Waals surface area contributed by atoms with Crippen LogP contribution in [0.4, 0.5) is 11.4 Å². The summed E-state index contributed by atoms with van der Waals surface area (Å²) < 4.78 is 0. The lowest BCUT2D eigenvalue weighted by Crippen LogP contribution is -2.60. The molecule has 2 aliphatic rings. The van der Waals surface area contributed by atoms with Gasteiger partial charge in [0.05, 0.1) is 13.0 Å². The Hall–Kier alpha value is -2.52. The number of halogens is 3. The molecule has 2 saturated heterocycles. The lowest BCUT2D eigenvalue weighted by molar-refractivity contribution is -0.145. The summed E-state index contributed by atoms with van der Waals surface area (Å²) >= 11 is 18.1. The molecule has 0 saturated carbocycles. The Morgan fingerprint density at radius 1 is 0.943 bits per heavy atom. The van der Waals surface area contributed by atoms with Gasteiger partial charge in [0.25, 0.3) is 0 Å². The van der Waals surface area contributed by atoms with Crippen molar-refractivity contribution in [3.63, 3.8) is 0 Å². The lowest BCUT2D eigenvalue weighted by atomic mass is 10.1. The number of anilines is 2. The second-order valence-electron chi connectivity index (χ2n) is 8.55. The Balaban J connectivity index is 1.33. The van der Waals surface area contributed by atoms with Crippen molar-refractivity contribution < 1.29 is 14.4 Å². The normalized spacial score (nSPS) is 18.8. The fraction of sp³-hybridized carbons (Fsp3) is 0.375. The highest BCUT2D eigenvalue weighted by atomic mass is 35.5. The van der Waals surface area contributed by atoms with Crippen LogP contribution in [-0.2, 0) is 14.4 Å². The van der Waals surface area contributed by atoms with E-state index in [1.165, 1.54) is 4.90 Å². The Morgan fingerprint density at radius 2 is 1.66 bits per heavy atom. The van der Waals surface area contributed by atoms with Crippen LogP contribution in [0.2, 0.25) is 15.1 Å². The average Bonchev–Trinajstić information content (AvgIpc) is 2.80. The summed E-state index contributed by atoms with van der Waals surface area (Å²) in [6.45, 7) is 3.85. The molecule has 35 heavy (non-hydrogen) atoms. The molecular formula is C24H26Cl3N5O3. The molecule has 0 radical (unpaired) electrons. The maximum atomic E-state index is 13.2. The second-order valence-corrected chi connectivity index (χ2v) is 9.86.